The number of carbonyl (C=O) groups is 2. The summed E-state index contributed by atoms with van der Waals surface area (Å²) in [4.78, 5) is 26.8. The highest BCUT2D eigenvalue weighted by atomic mass is 16.2. The maximum absolute atomic E-state index is 13.0. The van der Waals surface area contributed by atoms with E-state index >= 15 is 0 Å². The number of likely N-dealkylation sites (tertiary alicyclic amines) is 1. The molecule has 3 N–H and O–H groups in total. The summed E-state index contributed by atoms with van der Waals surface area (Å²) >= 11 is 0. The fourth-order valence-electron chi connectivity index (χ4n) is 3.73. The van der Waals surface area contributed by atoms with E-state index < -0.39 is 6.04 Å². The molecule has 1 aliphatic heterocycles. The first kappa shape index (κ1) is 18.4. The topological polar surface area (TPSA) is 75.4 Å². The van der Waals surface area contributed by atoms with Gasteiger partial charge in [0.05, 0.1) is 6.04 Å². The minimum atomic E-state index is -0.445. The van der Waals surface area contributed by atoms with Gasteiger partial charge in [0.1, 0.15) is 6.04 Å². The van der Waals surface area contributed by atoms with Gasteiger partial charge in [-0.3, -0.25) is 9.59 Å². The highest BCUT2D eigenvalue weighted by molar-refractivity contribution is 5.89. The largest absolute Gasteiger partial charge is 0.346 e. The van der Waals surface area contributed by atoms with Gasteiger partial charge in [-0.2, -0.15) is 0 Å². The number of rotatable bonds is 6. The SMILES string of the molecule is CC(C)C(C(=O)NC(CN)c1ccc2ccccc2c1)N1CCCC1=O. The van der Waals surface area contributed by atoms with Crippen LogP contribution in [0.1, 0.15) is 38.3 Å². The van der Waals surface area contributed by atoms with Crippen molar-refractivity contribution < 1.29 is 9.59 Å². The normalized spacial score (nSPS) is 16.9. The quantitative estimate of drug-likeness (QED) is 0.838. The molecule has 138 valence electrons. The van der Waals surface area contributed by atoms with Crippen LogP contribution in [-0.4, -0.2) is 35.8 Å². The van der Waals surface area contributed by atoms with Crippen molar-refractivity contribution >= 4 is 22.6 Å². The highest BCUT2D eigenvalue weighted by Crippen LogP contribution is 2.23. The number of fused-ring (bicyclic) bond motifs is 1. The van der Waals surface area contributed by atoms with Crippen molar-refractivity contribution in [2.75, 3.05) is 13.1 Å². The maximum atomic E-state index is 13.0. The van der Waals surface area contributed by atoms with E-state index in [2.05, 4.69) is 17.4 Å². The van der Waals surface area contributed by atoms with Crippen LogP contribution in [0.4, 0.5) is 0 Å². The van der Waals surface area contributed by atoms with Gasteiger partial charge in [-0.1, -0.05) is 50.2 Å². The average molecular weight is 353 g/mol. The Balaban J connectivity index is 1.80. The first-order chi connectivity index (χ1) is 12.5. The fraction of sp³-hybridized carbons (Fsp3) is 0.429. The van der Waals surface area contributed by atoms with E-state index in [9.17, 15) is 9.59 Å². The third kappa shape index (κ3) is 3.73. The van der Waals surface area contributed by atoms with Crippen LogP contribution < -0.4 is 11.1 Å². The molecule has 0 spiro atoms. The molecule has 0 radical (unpaired) electrons. The van der Waals surface area contributed by atoms with Crippen molar-refractivity contribution in [1.29, 1.82) is 0 Å². The Morgan fingerprint density at radius 3 is 2.54 bits per heavy atom. The van der Waals surface area contributed by atoms with Crippen molar-refractivity contribution in [2.24, 2.45) is 11.7 Å². The van der Waals surface area contributed by atoms with Crippen LogP contribution in [0.25, 0.3) is 10.8 Å². The van der Waals surface area contributed by atoms with E-state index in [1.165, 1.54) is 0 Å². The van der Waals surface area contributed by atoms with Crippen molar-refractivity contribution in [3.63, 3.8) is 0 Å². The van der Waals surface area contributed by atoms with E-state index in [0.717, 1.165) is 22.8 Å². The zero-order chi connectivity index (χ0) is 18.7. The molecule has 0 saturated carbocycles. The number of nitrogens with one attached hydrogen (secondary N) is 1. The molecule has 2 aromatic carbocycles. The molecule has 5 heteroatoms. The fourth-order valence-corrected chi connectivity index (χ4v) is 3.73. The number of amides is 2. The molecule has 2 aromatic rings. The summed E-state index contributed by atoms with van der Waals surface area (Å²) in [5.41, 5.74) is 6.94. The van der Waals surface area contributed by atoms with Gasteiger partial charge in [-0.05, 0) is 34.7 Å². The van der Waals surface area contributed by atoms with Gasteiger partial charge in [-0.15, -0.1) is 0 Å². The van der Waals surface area contributed by atoms with E-state index in [-0.39, 0.29) is 23.8 Å². The Morgan fingerprint density at radius 1 is 1.19 bits per heavy atom. The number of hydrogen-bond acceptors (Lipinski definition) is 3. The molecule has 2 amide bonds. The van der Waals surface area contributed by atoms with Crippen LogP contribution in [0.2, 0.25) is 0 Å². The molecule has 26 heavy (non-hydrogen) atoms. The van der Waals surface area contributed by atoms with Crippen LogP contribution in [-0.2, 0) is 9.59 Å². The highest BCUT2D eigenvalue weighted by Gasteiger charge is 2.35. The van der Waals surface area contributed by atoms with Crippen LogP contribution >= 0.6 is 0 Å². The summed E-state index contributed by atoms with van der Waals surface area (Å²) in [6.07, 6.45) is 1.35. The monoisotopic (exact) mass is 353 g/mol. The zero-order valence-electron chi connectivity index (χ0n) is 15.4. The Hall–Kier alpha value is -2.40. The second kappa shape index (κ2) is 7.87. The third-order valence-electron chi connectivity index (χ3n) is 5.07. The molecule has 5 nitrogen and oxygen atoms in total. The Bertz CT molecular complexity index is 803. The smallest absolute Gasteiger partial charge is 0.243 e. The summed E-state index contributed by atoms with van der Waals surface area (Å²) in [6, 6.07) is 13.5. The standard InChI is InChI=1S/C21H27N3O2/c1-14(2)20(24-11-5-8-19(24)25)21(26)23-18(13-22)17-10-9-15-6-3-4-7-16(15)12-17/h3-4,6-7,9-10,12,14,18,20H,5,8,11,13,22H2,1-2H3,(H,23,26). The zero-order valence-corrected chi connectivity index (χ0v) is 15.4. The molecule has 3 rings (SSSR count). The number of nitrogens with two attached hydrogens (primary N) is 1. The molecule has 0 aliphatic carbocycles. The van der Waals surface area contributed by atoms with E-state index in [4.69, 9.17) is 5.73 Å². The van der Waals surface area contributed by atoms with Gasteiger partial charge in [0.25, 0.3) is 0 Å². The first-order valence-corrected chi connectivity index (χ1v) is 9.30. The lowest BCUT2D eigenvalue weighted by atomic mass is 9.99. The van der Waals surface area contributed by atoms with Crippen molar-refractivity contribution in [3.8, 4) is 0 Å². The molecule has 1 fully saturated rings. The summed E-state index contributed by atoms with van der Waals surface area (Å²) in [5, 5.41) is 5.34. The predicted octanol–water partition coefficient (Wildman–Crippen LogP) is 2.60. The molecule has 1 aliphatic rings. The minimum absolute atomic E-state index is 0.0482. The Kier molecular flexibility index (Phi) is 5.57. The van der Waals surface area contributed by atoms with Crippen molar-refractivity contribution in [3.05, 3.63) is 48.0 Å². The molecule has 0 aromatic heterocycles. The Labute approximate surface area is 154 Å². The number of hydrogen-bond donors (Lipinski definition) is 2. The molecule has 2 atom stereocenters. The van der Waals surface area contributed by atoms with E-state index in [1.54, 1.807) is 4.90 Å². The summed E-state index contributed by atoms with van der Waals surface area (Å²) < 4.78 is 0. The Morgan fingerprint density at radius 2 is 1.92 bits per heavy atom. The molecular weight excluding hydrogens is 326 g/mol. The second-order valence-electron chi connectivity index (χ2n) is 7.28. The summed E-state index contributed by atoms with van der Waals surface area (Å²) in [6.45, 7) is 4.91. The van der Waals surface area contributed by atoms with Crippen molar-refractivity contribution in [2.45, 2.75) is 38.8 Å². The lowest BCUT2D eigenvalue weighted by molar-refractivity contribution is -0.139. The van der Waals surface area contributed by atoms with Crippen LogP contribution in [0.3, 0.4) is 0 Å². The number of benzene rings is 2. The third-order valence-corrected chi connectivity index (χ3v) is 5.07. The van der Waals surface area contributed by atoms with E-state index in [0.29, 0.717) is 19.5 Å². The van der Waals surface area contributed by atoms with Crippen LogP contribution in [0, 0.1) is 5.92 Å². The van der Waals surface area contributed by atoms with Gasteiger partial charge < -0.3 is 16.0 Å². The number of nitrogens with zero attached hydrogens (tertiary/aromatic N) is 1. The van der Waals surface area contributed by atoms with Crippen molar-refractivity contribution in [1.82, 2.24) is 10.2 Å². The molecule has 0 bridgehead atoms. The van der Waals surface area contributed by atoms with Gasteiger partial charge in [0.2, 0.25) is 11.8 Å². The van der Waals surface area contributed by atoms with Crippen LogP contribution in [0.15, 0.2) is 42.5 Å². The minimum Gasteiger partial charge on any atom is -0.346 e. The average Bonchev–Trinajstić information content (AvgIpc) is 3.04. The van der Waals surface area contributed by atoms with Gasteiger partial charge in [0, 0.05) is 19.5 Å². The second-order valence-corrected chi connectivity index (χ2v) is 7.28. The molecule has 1 heterocycles. The van der Waals surface area contributed by atoms with Crippen LogP contribution in [0.5, 0.6) is 0 Å². The van der Waals surface area contributed by atoms with Gasteiger partial charge in [-0.25, -0.2) is 0 Å². The maximum Gasteiger partial charge on any atom is 0.243 e. The lowest BCUT2D eigenvalue weighted by Gasteiger charge is -2.31. The lowest BCUT2D eigenvalue weighted by Crippen LogP contribution is -2.51. The summed E-state index contributed by atoms with van der Waals surface area (Å²) in [5.74, 6) is -0.0141. The van der Waals surface area contributed by atoms with E-state index in [1.807, 2.05) is 44.2 Å². The predicted molar refractivity (Wildman–Crippen MR) is 103 cm³/mol. The molecule has 2 unspecified atom stereocenters. The first-order valence-electron chi connectivity index (χ1n) is 9.30. The molecule has 1 saturated heterocycles. The molecular formula is C21H27N3O2. The number of carbonyl (C=O) groups excluding carboxylic acids is 2. The summed E-state index contributed by atoms with van der Waals surface area (Å²) in [7, 11) is 0. The van der Waals surface area contributed by atoms with Gasteiger partial charge in [0.15, 0.2) is 0 Å². The van der Waals surface area contributed by atoms with Gasteiger partial charge >= 0.3 is 0 Å².